The minimum absolute atomic E-state index is 0.0472. The van der Waals surface area contributed by atoms with E-state index in [1.807, 2.05) is 36.5 Å². The van der Waals surface area contributed by atoms with E-state index in [-0.39, 0.29) is 16.8 Å². The Hall–Kier alpha value is -2.75. The summed E-state index contributed by atoms with van der Waals surface area (Å²) in [5.74, 6) is -0.758. The fraction of sp³-hybridized carbons (Fsp3) is 0.190. The van der Waals surface area contributed by atoms with Crippen molar-refractivity contribution in [1.29, 1.82) is 0 Å². The predicted molar refractivity (Wildman–Crippen MR) is 117 cm³/mol. The first-order valence-corrected chi connectivity index (χ1v) is 11.5. The molecule has 0 saturated carbocycles. The molecule has 0 spiro atoms. The molecule has 0 aliphatic rings. The zero-order valence-corrected chi connectivity index (χ0v) is 18.1. The van der Waals surface area contributed by atoms with Crippen LogP contribution in [0.5, 0.6) is 0 Å². The molecule has 3 rings (SSSR count). The van der Waals surface area contributed by atoms with E-state index in [0.717, 1.165) is 17.0 Å². The lowest BCUT2D eigenvalue weighted by Gasteiger charge is -2.23. The zero-order chi connectivity index (χ0) is 21.7. The highest BCUT2D eigenvalue weighted by Crippen LogP contribution is 2.22. The minimum atomic E-state index is -3.84. The molecule has 0 bridgehead atoms. The highest BCUT2D eigenvalue weighted by Gasteiger charge is 2.17. The summed E-state index contributed by atoms with van der Waals surface area (Å²) in [4.78, 5) is 15.6. The number of nitrogens with one attached hydrogen (secondary N) is 2. The summed E-state index contributed by atoms with van der Waals surface area (Å²) in [6.45, 7) is 0.450. The van der Waals surface area contributed by atoms with E-state index in [1.165, 1.54) is 24.3 Å². The Bertz CT molecular complexity index is 1080. The number of hydrogen-bond acceptors (Lipinski definition) is 5. The molecule has 2 aromatic carbocycles. The van der Waals surface area contributed by atoms with E-state index < -0.39 is 15.8 Å². The van der Waals surface area contributed by atoms with Crippen LogP contribution < -0.4 is 10.0 Å². The third-order valence-corrected chi connectivity index (χ3v) is 6.84. The number of carbonyl (C=O) groups is 1. The van der Waals surface area contributed by atoms with Gasteiger partial charge in [0, 0.05) is 22.7 Å². The van der Waals surface area contributed by atoms with Gasteiger partial charge >= 0.3 is 0 Å². The summed E-state index contributed by atoms with van der Waals surface area (Å²) in [6.07, 6.45) is 0. The molecule has 2 N–H and O–H groups in total. The lowest BCUT2D eigenvalue weighted by molar-refractivity contribution is 0.0942. The molecule has 1 heterocycles. The maximum Gasteiger partial charge on any atom is 0.261 e. The van der Waals surface area contributed by atoms with Gasteiger partial charge in [-0.3, -0.25) is 9.52 Å². The standard InChI is InChI=1S/C21H22FN3O3S2/c1-25(2)19(20-4-3-13-29-20)14-23-21(26)15-5-9-17(10-6-15)24-30(27,28)18-11-7-16(22)8-12-18/h3-13,19,24H,14H2,1-2H3,(H,23,26). The van der Waals surface area contributed by atoms with Crippen molar-refractivity contribution in [1.82, 2.24) is 10.2 Å². The number of carbonyl (C=O) groups excluding carboxylic acids is 1. The van der Waals surface area contributed by atoms with E-state index in [4.69, 9.17) is 0 Å². The Balaban J connectivity index is 1.63. The zero-order valence-electron chi connectivity index (χ0n) is 16.5. The fourth-order valence-electron chi connectivity index (χ4n) is 2.83. The number of anilines is 1. The molecule has 1 aromatic heterocycles. The monoisotopic (exact) mass is 447 g/mol. The van der Waals surface area contributed by atoms with Gasteiger partial charge in [-0.05, 0) is 74.1 Å². The van der Waals surface area contributed by atoms with Crippen molar-refractivity contribution in [3.8, 4) is 0 Å². The average molecular weight is 448 g/mol. The Morgan fingerprint density at radius 1 is 1.07 bits per heavy atom. The second-order valence-corrected chi connectivity index (χ2v) is 9.50. The second-order valence-electron chi connectivity index (χ2n) is 6.84. The summed E-state index contributed by atoms with van der Waals surface area (Å²) in [6, 6.07) is 14.7. The molecule has 1 unspecified atom stereocenters. The smallest absolute Gasteiger partial charge is 0.261 e. The largest absolute Gasteiger partial charge is 0.350 e. The van der Waals surface area contributed by atoms with E-state index in [1.54, 1.807) is 23.5 Å². The van der Waals surface area contributed by atoms with E-state index in [9.17, 15) is 17.6 Å². The van der Waals surface area contributed by atoms with E-state index in [0.29, 0.717) is 17.8 Å². The number of halogens is 1. The number of benzene rings is 2. The lowest BCUT2D eigenvalue weighted by atomic mass is 10.1. The molecule has 6 nitrogen and oxygen atoms in total. The van der Waals surface area contributed by atoms with Crippen LogP contribution in [-0.4, -0.2) is 39.9 Å². The number of likely N-dealkylation sites (N-methyl/N-ethyl adjacent to an activating group) is 1. The van der Waals surface area contributed by atoms with Crippen LogP contribution in [0.15, 0.2) is 70.9 Å². The molecule has 0 aliphatic carbocycles. The van der Waals surface area contributed by atoms with Crippen LogP contribution >= 0.6 is 11.3 Å². The quantitative estimate of drug-likeness (QED) is 0.552. The normalized spacial score (nSPS) is 12.5. The average Bonchev–Trinajstić information content (AvgIpc) is 3.23. The molecule has 0 aliphatic heterocycles. The lowest BCUT2D eigenvalue weighted by Crippen LogP contribution is -2.34. The first-order chi connectivity index (χ1) is 14.3. The molecule has 9 heteroatoms. The molecule has 158 valence electrons. The molecule has 30 heavy (non-hydrogen) atoms. The van der Waals surface area contributed by atoms with Gasteiger partial charge < -0.3 is 10.2 Å². The molecule has 0 saturated heterocycles. The topological polar surface area (TPSA) is 78.5 Å². The van der Waals surface area contributed by atoms with Gasteiger partial charge in [-0.25, -0.2) is 12.8 Å². The van der Waals surface area contributed by atoms with Gasteiger partial charge in [0.25, 0.3) is 15.9 Å². The van der Waals surface area contributed by atoms with Crippen LogP contribution in [0, 0.1) is 5.82 Å². The molecular formula is C21H22FN3O3S2. The number of amides is 1. The number of rotatable bonds is 8. The van der Waals surface area contributed by atoms with Crippen molar-refractivity contribution in [2.24, 2.45) is 0 Å². The van der Waals surface area contributed by atoms with Gasteiger partial charge in [0.05, 0.1) is 10.9 Å². The predicted octanol–water partition coefficient (Wildman–Crippen LogP) is 3.72. The van der Waals surface area contributed by atoms with Gasteiger partial charge in [-0.1, -0.05) is 6.07 Å². The maximum atomic E-state index is 13.0. The van der Waals surface area contributed by atoms with Crippen LogP contribution in [0.2, 0.25) is 0 Å². The van der Waals surface area contributed by atoms with Gasteiger partial charge in [0.15, 0.2) is 0 Å². The van der Waals surface area contributed by atoms with Crippen LogP contribution in [0.3, 0.4) is 0 Å². The van der Waals surface area contributed by atoms with E-state index >= 15 is 0 Å². The third kappa shape index (κ3) is 5.44. The molecular weight excluding hydrogens is 425 g/mol. The molecule has 1 atom stereocenters. The maximum absolute atomic E-state index is 13.0. The molecule has 1 amide bonds. The van der Waals surface area contributed by atoms with Crippen molar-refractivity contribution in [2.45, 2.75) is 10.9 Å². The van der Waals surface area contributed by atoms with Crippen LogP contribution in [0.25, 0.3) is 0 Å². The first-order valence-electron chi connectivity index (χ1n) is 9.13. The third-order valence-electron chi connectivity index (χ3n) is 4.47. The van der Waals surface area contributed by atoms with Crippen molar-refractivity contribution in [2.75, 3.05) is 25.4 Å². The Kier molecular flexibility index (Phi) is 6.86. The molecule has 0 fully saturated rings. The van der Waals surface area contributed by atoms with Crippen LogP contribution in [-0.2, 0) is 10.0 Å². The second kappa shape index (κ2) is 9.38. The Labute approximate surface area is 179 Å². The number of sulfonamides is 1. The van der Waals surface area contributed by atoms with Crippen molar-refractivity contribution in [3.63, 3.8) is 0 Å². The van der Waals surface area contributed by atoms with Gasteiger partial charge in [0.1, 0.15) is 5.82 Å². The van der Waals surface area contributed by atoms with Gasteiger partial charge in [0.2, 0.25) is 0 Å². The Morgan fingerprint density at radius 3 is 2.30 bits per heavy atom. The van der Waals surface area contributed by atoms with Crippen LogP contribution in [0.1, 0.15) is 21.3 Å². The summed E-state index contributed by atoms with van der Waals surface area (Å²) in [7, 11) is 0.0729. The summed E-state index contributed by atoms with van der Waals surface area (Å²) in [5, 5.41) is 4.92. The molecule has 0 radical (unpaired) electrons. The summed E-state index contributed by atoms with van der Waals surface area (Å²) < 4.78 is 40.2. The minimum Gasteiger partial charge on any atom is -0.350 e. The van der Waals surface area contributed by atoms with Crippen molar-refractivity contribution in [3.05, 3.63) is 82.3 Å². The van der Waals surface area contributed by atoms with Gasteiger partial charge in [-0.15, -0.1) is 11.3 Å². The SMILES string of the molecule is CN(C)C(CNC(=O)c1ccc(NS(=O)(=O)c2ccc(F)cc2)cc1)c1cccs1. The van der Waals surface area contributed by atoms with Gasteiger partial charge in [-0.2, -0.15) is 0 Å². The number of thiophene rings is 1. The van der Waals surface area contributed by atoms with Crippen LogP contribution in [0.4, 0.5) is 10.1 Å². The molecule has 3 aromatic rings. The first kappa shape index (κ1) is 21.9. The summed E-state index contributed by atoms with van der Waals surface area (Å²) in [5.41, 5.74) is 0.726. The highest BCUT2D eigenvalue weighted by molar-refractivity contribution is 7.92. The fourth-order valence-corrected chi connectivity index (χ4v) is 4.81. The van der Waals surface area contributed by atoms with Crippen molar-refractivity contribution < 1.29 is 17.6 Å². The number of nitrogens with zero attached hydrogens (tertiary/aromatic N) is 1. The van der Waals surface area contributed by atoms with Crippen molar-refractivity contribution >= 4 is 33.0 Å². The highest BCUT2D eigenvalue weighted by atomic mass is 32.2. The van der Waals surface area contributed by atoms with E-state index in [2.05, 4.69) is 10.0 Å². The Morgan fingerprint density at radius 2 is 1.73 bits per heavy atom. The number of hydrogen-bond donors (Lipinski definition) is 2. The summed E-state index contributed by atoms with van der Waals surface area (Å²) >= 11 is 1.63.